The van der Waals surface area contributed by atoms with Crippen molar-refractivity contribution in [2.75, 3.05) is 28.4 Å². The molecule has 0 aromatic heterocycles. The van der Waals surface area contributed by atoms with Crippen molar-refractivity contribution in [1.82, 2.24) is 5.32 Å². The Hall–Kier alpha value is -1.30. The first kappa shape index (κ1) is 17.8. The summed E-state index contributed by atoms with van der Waals surface area (Å²) in [5.41, 5.74) is 1.19. The lowest BCUT2D eigenvalue weighted by atomic mass is 10.1. The minimum atomic E-state index is -0.252. The fraction of sp³-hybridized carbons (Fsp3) is 0.625. The third-order valence-electron chi connectivity index (χ3n) is 3.41. The maximum Gasteiger partial charge on any atom is 0.171 e. The molecule has 0 saturated heterocycles. The highest BCUT2D eigenvalue weighted by Gasteiger charge is 2.18. The molecule has 0 heterocycles. The van der Waals surface area contributed by atoms with Crippen LogP contribution < -0.4 is 14.8 Å². The summed E-state index contributed by atoms with van der Waals surface area (Å²) in [5, 5.41) is 3.47. The summed E-state index contributed by atoms with van der Waals surface area (Å²) in [4.78, 5) is 0. The van der Waals surface area contributed by atoms with Crippen LogP contribution in [0.15, 0.2) is 18.2 Å². The Morgan fingerprint density at radius 3 is 2.10 bits per heavy atom. The molecule has 0 amide bonds. The molecule has 5 heteroatoms. The number of hydrogen-bond acceptors (Lipinski definition) is 5. The van der Waals surface area contributed by atoms with Gasteiger partial charge in [-0.05, 0) is 38.0 Å². The molecule has 0 fully saturated rings. The fourth-order valence-corrected chi connectivity index (χ4v) is 2.45. The molecule has 0 spiro atoms. The van der Waals surface area contributed by atoms with Crippen molar-refractivity contribution in [3.8, 4) is 11.5 Å². The SMILES string of the molecule is COc1ccc(CC(C)NC(C)C(OC)OC)cc1OC. The highest BCUT2D eigenvalue weighted by atomic mass is 16.7. The zero-order valence-electron chi connectivity index (χ0n) is 13.8. The molecule has 2 unspecified atom stereocenters. The first-order valence-electron chi connectivity index (χ1n) is 7.08. The highest BCUT2D eigenvalue weighted by molar-refractivity contribution is 5.43. The molecular formula is C16H27NO4. The molecule has 0 bridgehead atoms. The normalized spacial score (nSPS) is 14.0. The summed E-state index contributed by atoms with van der Waals surface area (Å²) in [6.07, 6.45) is 0.628. The van der Waals surface area contributed by atoms with E-state index in [0.717, 1.165) is 17.9 Å². The number of ether oxygens (including phenoxy) is 4. The molecule has 1 aromatic rings. The third-order valence-corrected chi connectivity index (χ3v) is 3.41. The van der Waals surface area contributed by atoms with Crippen LogP contribution in [0.25, 0.3) is 0 Å². The average Bonchev–Trinajstić information content (AvgIpc) is 2.48. The summed E-state index contributed by atoms with van der Waals surface area (Å²) >= 11 is 0. The van der Waals surface area contributed by atoms with E-state index in [9.17, 15) is 0 Å². The van der Waals surface area contributed by atoms with E-state index < -0.39 is 0 Å². The van der Waals surface area contributed by atoms with Crippen LogP contribution in [0.2, 0.25) is 0 Å². The zero-order chi connectivity index (χ0) is 15.8. The Balaban J connectivity index is 2.64. The van der Waals surface area contributed by atoms with Gasteiger partial charge in [-0.3, -0.25) is 0 Å². The molecular weight excluding hydrogens is 270 g/mol. The summed E-state index contributed by atoms with van der Waals surface area (Å²) in [7, 11) is 6.57. The molecule has 120 valence electrons. The van der Waals surface area contributed by atoms with Crippen molar-refractivity contribution in [3.05, 3.63) is 23.8 Å². The Labute approximate surface area is 127 Å². The van der Waals surface area contributed by atoms with Gasteiger partial charge in [0.15, 0.2) is 17.8 Å². The van der Waals surface area contributed by atoms with Crippen LogP contribution in [0.5, 0.6) is 11.5 Å². The van der Waals surface area contributed by atoms with E-state index >= 15 is 0 Å². The van der Waals surface area contributed by atoms with Crippen molar-refractivity contribution in [3.63, 3.8) is 0 Å². The van der Waals surface area contributed by atoms with Crippen LogP contribution in [0.3, 0.4) is 0 Å². The maximum absolute atomic E-state index is 5.33. The Morgan fingerprint density at radius 1 is 0.952 bits per heavy atom. The summed E-state index contributed by atoms with van der Waals surface area (Å²) in [6, 6.07) is 6.37. The van der Waals surface area contributed by atoms with E-state index in [1.807, 2.05) is 25.1 Å². The molecule has 2 atom stereocenters. The van der Waals surface area contributed by atoms with Crippen molar-refractivity contribution >= 4 is 0 Å². The zero-order valence-corrected chi connectivity index (χ0v) is 13.8. The van der Waals surface area contributed by atoms with Crippen molar-refractivity contribution in [1.29, 1.82) is 0 Å². The molecule has 0 aliphatic rings. The first-order chi connectivity index (χ1) is 10.0. The molecule has 5 nitrogen and oxygen atoms in total. The quantitative estimate of drug-likeness (QED) is 0.708. The van der Waals surface area contributed by atoms with E-state index in [4.69, 9.17) is 18.9 Å². The van der Waals surface area contributed by atoms with Crippen LogP contribution in [-0.4, -0.2) is 46.8 Å². The average molecular weight is 297 g/mol. The van der Waals surface area contributed by atoms with Crippen LogP contribution in [-0.2, 0) is 15.9 Å². The van der Waals surface area contributed by atoms with Gasteiger partial charge < -0.3 is 24.3 Å². The van der Waals surface area contributed by atoms with Crippen LogP contribution in [0.1, 0.15) is 19.4 Å². The second-order valence-corrected chi connectivity index (χ2v) is 5.09. The van der Waals surface area contributed by atoms with Crippen LogP contribution in [0, 0.1) is 0 Å². The minimum Gasteiger partial charge on any atom is -0.493 e. The van der Waals surface area contributed by atoms with Crippen molar-refractivity contribution in [2.24, 2.45) is 0 Å². The standard InChI is InChI=1S/C16H27NO4/c1-11(17-12(2)16(20-5)21-6)9-13-7-8-14(18-3)15(10-13)19-4/h7-8,10-12,16-17H,9H2,1-6H3. The van der Waals surface area contributed by atoms with Crippen molar-refractivity contribution < 1.29 is 18.9 Å². The van der Waals surface area contributed by atoms with Gasteiger partial charge in [-0.2, -0.15) is 0 Å². The Morgan fingerprint density at radius 2 is 1.57 bits per heavy atom. The van der Waals surface area contributed by atoms with Gasteiger partial charge in [0.1, 0.15) is 0 Å². The van der Waals surface area contributed by atoms with Gasteiger partial charge >= 0.3 is 0 Å². The molecule has 1 N–H and O–H groups in total. The Bertz CT molecular complexity index is 421. The van der Waals surface area contributed by atoms with E-state index in [1.165, 1.54) is 5.56 Å². The van der Waals surface area contributed by atoms with Crippen molar-refractivity contribution in [2.45, 2.75) is 38.6 Å². The number of benzene rings is 1. The van der Waals surface area contributed by atoms with E-state index in [-0.39, 0.29) is 18.4 Å². The monoisotopic (exact) mass is 297 g/mol. The lowest BCUT2D eigenvalue weighted by molar-refractivity contribution is -0.120. The van der Waals surface area contributed by atoms with Gasteiger partial charge in [-0.25, -0.2) is 0 Å². The summed E-state index contributed by atoms with van der Waals surface area (Å²) < 4.78 is 21.1. The lowest BCUT2D eigenvalue weighted by Crippen LogP contribution is -2.44. The molecule has 0 aliphatic heterocycles. The predicted octanol–water partition coefficient (Wildman–Crippen LogP) is 2.23. The van der Waals surface area contributed by atoms with Gasteiger partial charge in [0.05, 0.1) is 20.3 Å². The molecule has 0 aliphatic carbocycles. The number of rotatable bonds is 9. The maximum atomic E-state index is 5.33. The first-order valence-corrected chi connectivity index (χ1v) is 7.08. The molecule has 0 radical (unpaired) electrons. The van der Waals surface area contributed by atoms with Crippen LogP contribution >= 0.6 is 0 Å². The van der Waals surface area contributed by atoms with Gasteiger partial charge in [0, 0.05) is 20.3 Å². The predicted molar refractivity (Wildman–Crippen MR) is 83.1 cm³/mol. The number of methoxy groups -OCH3 is 4. The molecule has 21 heavy (non-hydrogen) atoms. The molecule has 1 aromatic carbocycles. The second-order valence-electron chi connectivity index (χ2n) is 5.09. The van der Waals surface area contributed by atoms with E-state index in [0.29, 0.717) is 0 Å². The topological polar surface area (TPSA) is 49.0 Å². The second kappa shape index (κ2) is 8.87. The molecule has 0 saturated carbocycles. The fourth-order valence-electron chi connectivity index (χ4n) is 2.45. The summed E-state index contributed by atoms with van der Waals surface area (Å²) in [5.74, 6) is 1.50. The number of nitrogens with one attached hydrogen (secondary N) is 1. The summed E-state index contributed by atoms with van der Waals surface area (Å²) in [6.45, 7) is 4.18. The van der Waals surface area contributed by atoms with E-state index in [1.54, 1.807) is 28.4 Å². The molecule has 1 rings (SSSR count). The van der Waals surface area contributed by atoms with Gasteiger partial charge in [0.2, 0.25) is 0 Å². The number of hydrogen-bond donors (Lipinski definition) is 1. The minimum absolute atomic E-state index is 0.107. The van der Waals surface area contributed by atoms with Gasteiger partial charge in [-0.1, -0.05) is 6.07 Å². The smallest absolute Gasteiger partial charge is 0.171 e. The van der Waals surface area contributed by atoms with E-state index in [2.05, 4.69) is 12.2 Å². The van der Waals surface area contributed by atoms with Gasteiger partial charge in [0.25, 0.3) is 0 Å². The Kier molecular flexibility index (Phi) is 7.50. The lowest BCUT2D eigenvalue weighted by Gasteiger charge is -2.26. The highest BCUT2D eigenvalue weighted by Crippen LogP contribution is 2.28. The van der Waals surface area contributed by atoms with Crippen LogP contribution in [0.4, 0.5) is 0 Å². The third kappa shape index (κ3) is 5.19. The van der Waals surface area contributed by atoms with Gasteiger partial charge in [-0.15, -0.1) is 0 Å². The largest absolute Gasteiger partial charge is 0.493 e.